The monoisotopic (exact) mass is 221 g/mol. The van der Waals surface area contributed by atoms with Crippen LogP contribution >= 0.6 is 0 Å². The summed E-state index contributed by atoms with van der Waals surface area (Å²) in [4.78, 5) is 0. The number of methoxy groups -OCH3 is 1. The fourth-order valence-corrected chi connectivity index (χ4v) is 1.69. The minimum absolute atomic E-state index is 0.0206. The second kappa shape index (κ2) is 4.50. The Morgan fingerprint density at radius 3 is 3.00 bits per heavy atom. The number of rotatable bonds is 4. The van der Waals surface area contributed by atoms with E-state index in [0.717, 1.165) is 12.0 Å². The Morgan fingerprint density at radius 1 is 1.56 bits per heavy atom. The van der Waals surface area contributed by atoms with Gasteiger partial charge in [0.15, 0.2) is 18.4 Å². The molecule has 0 heterocycles. The molecule has 1 aliphatic carbocycles. The third-order valence-corrected chi connectivity index (χ3v) is 2.67. The predicted octanol–water partition coefficient (Wildman–Crippen LogP) is 2.44. The summed E-state index contributed by atoms with van der Waals surface area (Å²) in [5.41, 5.74) is 0.957. The Kier molecular flexibility index (Phi) is 3.07. The molecule has 1 aromatic carbocycles. The van der Waals surface area contributed by atoms with Crippen LogP contribution in [0.2, 0.25) is 0 Å². The predicted molar refractivity (Wildman–Crippen MR) is 55.4 cm³/mol. The minimum Gasteiger partial charge on any atom is -0.464 e. The van der Waals surface area contributed by atoms with Crippen LogP contribution < -0.4 is 4.74 Å². The molecule has 3 nitrogen and oxygen atoms in total. The summed E-state index contributed by atoms with van der Waals surface area (Å²) in [5, 5.41) is 8.73. The Balaban J connectivity index is 2.13. The van der Waals surface area contributed by atoms with E-state index >= 15 is 0 Å². The molecule has 2 rings (SSSR count). The minimum atomic E-state index is -0.407. The third-order valence-electron chi connectivity index (χ3n) is 2.67. The van der Waals surface area contributed by atoms with Crippen LogP contribution in [-0.2, 0) is 4.74 Å². The van der Waals surface area contributed by atoms with Gasteiger partial charge in [-0.2, -0.15) is 5.26 Å². The molecule has 1 aromatic rings. The van der Waals surface area contributed by atoms with Gasteiger partial charge >= 0.3 is 0 Å². The van der Waals surface area contributed by atoms with E-state index in [1.165, 1.54) is 13.2 Å². The van der Waals surface area contributed by atoms with Crippen LogP contribution in [-0.4, -0.2) is 13.9 Å². The summed E-state index contributed by atoms with van der Waals surface area (Å²) in [6.45, 7) is 0.0206. The first-order valence-electron chi connectivity index (χ1n) is 5.07. The Labute approximate surface area is 93.4 Å². The molecule has 0 N–H and O–H groups in total. The van der Waals surface area contributed by atoms with Crippen LogP contribution in [0.4, 0.5) is 4.39 Å². The molecule has 4 heteroatoms. The van der Waals surface area contributed by atoms with Crippen molar-refractivity contribution in [1.29, 1.82) is 5.26 Å². The highest BCUT2D eigenvalue weighted by molar-refractivity contribution is 5.36. The molecule has 1 fully saturated rings. The van der Waals surface area contributed by atoms with Crippen LogP contribution in [0.5, 0.6) is 5.75 Å². The Morgan fingerprint density at radius 2 is 2.38 bits per heavy atom. The summed E-state index contributed by atoms with van der Waals surface area (Å²) in [6, 6.07) is 6.93. The van der Waals surface area contributed by atoms with E-state index in [1.807, 2.05) is 0 Å². The van der Waals surface area contributed by atoms with Crippen molar-refractivity contribution in [2.24, 2.45) is 5.92 Å². The zero-order valence-electron chi connectivity index (χ0n) is 8.94. The lowest BCUT2D eigenvalue weighted by Crippen LogP contribution is -2.01. The van der Waals surface area contributed by atoms with Gasteiger partial charge < -0.3 is 9.47 Å². The molecule has 0 amide bonds. The van der Waals surface area contributed by atoms with Crippen molar-refractivity contribution in [2.75, 3.05) is 13.9 Å². The van der Waals surface area contributed by atoms with Gasteiger partial charge in [0.25, 0.3) is 0 Å². The zero-order valence-corrected chi connectivity index (χ0v) is 8.94. The first-order chi connectivity index (χ1) is 7.76. The van der Waals surface area contributed by atoms with Crippen LogP contribution in [0.15, 0.2) is 18.2 Å². The average Bonchev–Trinajstić information content (AvgIpc) is 3.07. The van der Waals surface area contributed by atoms with E-state index in [0.29, 0.717) is 0 Å². The zero-order chi connectivity index (χ0) is 11.5. The number of nitriles is 1. The third kappa shape index (κ3) is 2.15. The van der Waals surface area contributed by atoms with E-state index in [1.54, 1.807) is 12.1 Å². The maximum atomic E-state index is 13.3. The fourth-order valence-electron chi connectivity index (χ4n) is 1.69. The summed E-state index contributed by atoms with van der Waals surface area (Å²) in [5.74, 6) is 0.0779. The van der Waals surface area contributed by atoms with Gasteiger partial charge in [0, 0.05) is 13.0 Å². The SMILES string of the molecule is COCOc1cc([C@@H]2C[C@H]2C#N)ccc1F. The summed E-state index contributed by atoms with van der Waals surface area (Å²) >= 11 is 0. The second-order valence-electron chi connectivity index (χ2n) is 3.82. The lowest BCUT2D eigenvalue weighted by Gasteiger charge is -2.07. The molecule has 1 saturated carbocycles. The average molecular weight is 221 g/mol. The largest absolute Gasteiger partial charge is 0.464 e. The van der Waals surface area contributed by atoms with E-state index in [2.05, 4.69) is 6.07 Å². The smallest absolute Gasteiger partial charge is 0.188 e. The standard InChI is InChI=1S/C12H12FNO2/c1-15-7-16-12-5-8(2-3-11(12)13)10-4-9(10)6-14/h2-3,5,9-10H,4,7H2,1H3/t9-,10-/m0/s1. The molecule has 0 bridgehead atoms. The van der Waals surface area contributed by atoms with E-state index in [9.17, 15) is 4.39 Å². The van der Waals surface area contributed by atoms with Crippen molar-refractivity contribution in [1.82, 2.24) is 0 Å². The van der Waals surface area contributed by atoms with Crippen molar-refractivity contribution in [2.45, 2.75) is 12.3 Å². The topological polar surface area (TPSA) is 42.2 Å². The number of hydrogen-bond donors (Lipinski definition) is 0. The first-order valence-corrected chi connectivity index (χ1v) is 5.07. The molecule has 84 valence electrons. The van der Waals surface area contributed by atoms with Crippen LogP contribution in [0.3, 0.4) is 0 Å². The molecule has 0 aliphatic heterocycles. The highest BCUT2D eigenvalue weighted by Gasteiger charge is 2.38. The molecule has 0 aromatic heterocycles. The number of hydrogen-bond acceptors (Lipinski definition) is 3. The fraction of sp³-hybridized carbons (Fsp3) is 0.417. The Bertz CT molecular complexity index is 428. The van der Waals surface area contributed by atoms with Gasteiger partial charge in [-0.05, 0) is 24.1 Å². The molecular weight excluding hydrogens is 209 g/mol. The lowest BCUT2D eigenvalue weighted by atomic mass is 10.1. The highest BCUT2D eigenvalue weighted by atomic mass is 19.1. The maximum absolute atomic E-state index is 13.3. The van der Waals surface area contributed by atoms with Gasteiger partial charge in [-0.3, -0.25) is 0 Å². The van der Waals surface area contributed by atoms with Gasteiger partial charge in [-0.25, -0.2) is 4.39 Å². The van der Waals surface area contributed by atoms with Crippen molar-refractivity contribution >= 4 is 0 Å². The van der Waals surface area contributed by atoms with Crippen molar-refractivity contribution < 1.29 is 13.9 Å². The first kappa shape index (κ1) is 10.9. The molecule has 1 aliphatic rings. The second-order valence-corrected chi connectivity index (χ2v) is 3.82. The summed E-state index contributed by atoms with van der Waals surface area (Å²) < 4.78 is 23.1. The lowest BCUT2D eigenvalue weighted by molar-refractivity contribution is 0.0482. The van der Waals surface area contributed by atoms with E-state index in [4.69, 9.17) is 14.7 Å². The van der Waals surface area contributed by atoms with Crippen molar-refractivity contribution in [3.8, 4) is 11.8 Å². The van der Waals surface area contributed by atoms with Gasteiger partial charge in [-0.1, -0.05) is 6.07 Å². The van der Waals surface area contributed by atoms with E-state index in [-0.39, 0.29) is 24.4 Å². The van der Waals surface area contributed by atoms with Gasteiger partial charge in [-0.15, -0.1) is 0 Å². The number of nitrogens with zero attached hydrogens (tertiary/aromatic N) is 1. The number of ether oxygens (including phenoxy) is 2. The van der Waals surface area contributed by atoms with Crippen molar-refractivity contribution in [3.05, 3.63) is 29.6 Å². The van der Waals surface area contributed by atoms with Gasteiger partial charge in [0.05, 0.1) is 12.0 Å². The molecule has 0 spiro atoms. The number of benzene rings is 1. The summed E-state index contributed by atoms with van der Waals surface area (Å²) in [7, 11) is 1.48. The number of halogens is 1. The molecule has 0 radical (unpaired) electrons. The highest BCUT2D eigenvalue weighted by Crippen LogP contribution is 2.47. The molecular formula is C12H12FNO2. The normalized spacial score (nSPS) is 22.6. The molecule has 2 atom stereocenters. The van der Waals surface area contributed by atoms with Gasteiger partial charge in [0.1, 0.15) is 0 Å². The quantitative estimate of drug-likeness (QED) is 0.733. The van der Waals surface area contributed by atoms with Crippen LogP contribution in [0.1, 0.15) is 17.9 Å². The summed E-state index contributed by atoms with van der Waals surface area (Å²) in [6.07, 6.45) is 0.853. The Hall–Kier alpha value is -1.60. The van der Waals surface area contributed by atoms with E-state index < -0.39 is 5.82 Å². The van der Waals surface area contributed by atoms with Gasteiger partial charge in [0.2, 0.25) is 0 Å². The van der Waals surface area contributed by atoms with Crippen LogP contribution in [0.25, 0.3) is 0 Å². The maximum Gasteiger partial charge on any atom is 0.188 e. The molecule has 0 unspecified atom stereocenters. The molecule has 16 heavy (non-hydrogen) atoms. The van der Waals surface area contributed by atoms with Crippen molar-refractivity contribution in [3.63, 3.8) is 0 Å². The molecule has 0 saturated heterocycles. The van der Waals surface area contributed by atoms with Crippen LogP contribution in [0, 0.1) is 23.1 Å².